The summed E-state index contributed by atoms with van der Waals surface area (Å²) in [6.45, 7) is 13.2. The fraction of sp³-hybridized carbons (Fsp3) is 0.462. The van der Waals surface area contributed by atoms with E-state index in [-0.39, 0.29) is 95.1 Å². The van der Waals surface area contributed by atoms with Crippen LogP contribution in [0.4, 0.5) is 14.0 Å². The minimum Gasteiger partial charge on any atom is -0.464 e. The largest absolute Gasteiger partial charge is 0.464 e. The van der Waals surface area contributed by atoms with Gasteiger partial charge in [-0.05, 0) is 97.7 Å². The number of ether oxygens (including phenoxy) is 3. The second kappa shape index (κ2) is 22.9. The molecule has 2 fully saturated rings. The number of hydrogen-bond acceptors (Lipinski definition) is 10. The number of amides is 4. The Labute approximate surface area is 462 Å². The van der Waals surface area contributed by atoms with Crippen molar-refractivity contribution >= 4 is 100 Å². The van der Waals surface area contributed by atoms with Gasteiger partial charge in [0.25, 0.3) is 0 Å². The molecule has 5 atom stereocenters. The number of halogens is 1. The number of likely N-dealkylation sites (tertiary alicyclic amines) is 2. The van der Waals surface area contributed by atoms with Crippen LogP contribution in [0, 0.1) is 17.7 Å². The first-order valence-corrected chi connectivity index (χ1v) is 25.1. The number of benzene rings is 2. The third-order valence-corrected chi connectivity index (χ3v) is 16.2. The Morgan fingerprint density at radius 1 is 0.784 bits per heavy atom. The van der Waals surface area contributed by atoms with Crippen molar-refractivity contribution in [3.63, 3.8) is 0 Å². The van der Waals surface area contributed by atoms with Crippen LogP contribution in [0.3, 0.4) is 0 Å². The van der Waals surface area contributed by atoms with Gasteiger partial charge in [0.1, 0.15) is 35.3 Å². The van der Waals surface area contributed by atoms with Crippen LogP contribution in [0.1, 0.15) is 119 Å². The van der Waals surface area contributed by atoms with Crippen LogP contribution >= 0.6 is 65.3 Å². The summed E-state index contributed by atoms with van der Waals surface area (Å²) in [4.78, 5) is 74.3. The molecule has 0 spiro atoms. The number of aryl methyl sites for hydroxylation is 1. The number of alkyl carbamates (subject to hydrolysis) is 2. The van der Waals surface area contributed by atoms with Gasteiger partial charge in [-0.3, -0.25) is 14.2 Å². The molecular formula is C52H68FN9O7S5. The highest BCUT2D eigenvalue weighted by Crippen LogP contribution is 2.51. The van der Waals surface area contributed by atoms with Crippen molar-refractivity contribution in [2.24, 2.45) is 11.8 Å². The molecule has 4 aromatic heterocycles. The van der Waals surface area contributed by atoms with Crippen molar-refractivity contribution in [2.45, 2.75) is 116 Å². The molecule has 22 heteroatoms. The number of rotatable bonds is 11. The van der Waals surface area contributed by atoms with E-state index in [1.165, 1.54) is 30.7 Å². The molecule has 0 radical (unpaired) electrons. The Bertz CT molecular complexity index is 3040. The van der Waals surface area contributed by atoms with Gasteiger partial charge in [0.05, 0.1) is 71.7 Å². The van der Waals surface area contributed by atoms with Gasteiger partial charge < -0.3 is 44.6 Å². The Morgan fingerprint density at radius 2 is 1.34 bits per heavy atom. The monoisotopic (exact) mass is 1110 g/mol. The van der Waals surface area contributed by atoms with Crippen LogP contribution in [0.25, 0.3) is 44.7 Å². The third-order valence-electron chi connectivity index (χ3n) is 14.6. The van der Waals surface area contributed by atoms with E-state index < -0.39 is 36.3 Å². The standard InChI is InChI=1S/C52H60FN9O7S.4H2S/c1-26(2)42(58-50(65)67-7)47(63)60-17-9-11-36(60)45-54-24-33(56-45)28-13-14-35-31(19-28)21-38-41-32(53)20-30(22-39(41)69-49(62(35)38)40-23-29-15-16-52(5,6)44(29)70-40)34-25-55-46(57-34)37-12-10-18-61(37)48(64)43(27(3)4)59-51(66)68-8;;;;/h13-14,19-27,36-37,42-43,49H,9-12,15-18H2,1-8H3,(H,54,56)(H,55,57)(H,58,65)(H,59,66);4*1H2/t36-,37-,42-,43-,49?;;;;/m0..../s1. The Balaban J connectivity index is 0.00000223. The molecule has 4 amide bonds. The summed E-state index contributed by atoms with van der Waals surface area (Å²) >= 11 is 1.76. The van der Waals surface area contributed by atoms with Gasteiger partial charge in [-0.2, -0.15) is 54.0 Å². The van der Waals surface area contributed by atoms with Gasteiger partial charge in [0.2, 0.25) is 18.0 Å². The van der Waals surface area contributed by atoms with Gasteiger partial charge >= 0.3 is 12.2 Å². The zero-order valence-corrected chi connectivity index (χ0v) is 47.6. The van der Waals surface area contributed by atoms with E-state index in [1.807, 2.05) is 52.0 Å². The van der Waals surface area contributed by atoms with Crippen LogP contribution in [-0.2, 0) is 30.9 Å². The summed E-state index contributed by atoms with van der Waals surface area (Å²) < 4.78 is 35.7. The van der Waals surface area contributed by atoms with Gasteiger partial charge in [-0.25, -0.2) is 23.9 Å². The number of hydrogen-bond donors (Lipinski definition) is 4. The molecule has 1 unspecified atom stereocenters. The maximum absolute atomic E-state index is 17.0. The number of fused-ring (bicyclic) bond motifs is 6. The summed E-state index contributed by atoms with van der Waals surface area (Å²) in [6.07, 6.45) is 6.58. The minimum atomic E-state index is -0.770. The Hall–Kier alpha value is -5.29. The lowest BCUT2D eigenvalue weighted by Crippen LogP contribution is -2.51. The Kier molecular flexibility index (Phi) is 17.9. The topological polar surface area (TPSA) is 189 Å². The number of imidazole rings is 2. The van der Waals surface area contributed by atoms with E-state index in [2.05, 4.69) is 51.1 Å². The number of carbonyl (C=O) groups is 4. The van der Waals surface area contributed by atoms with E-state index in [9.17, 15) is 19.2 Å². The van der Waals surface area contributed by atoms with E-state index in [0.29, 0.717) is 59.4 Å². The maximum atomic E-state index is 17.0. The third kappa shape index (κ3) is 10.5. The summed E-state index contributed by atoms with van der Waals surface area (Å²) in [5, 5.41) is 6.30. The van der Waals surface area contributed by atoms with Crippen molar-refractivity contribution in [1.82, 2.24) is 44.9 Å². The lowest BCUT2D eigenvalue weighted by Gasteiger charge is -2.30. The highest BCUT2D eigenvalue weighted by molar-refractivity contribution is 7.59. The number of carbonyl (C=O) groups excluding carboxylic acids is 4. The van der Waals surface area contributed by atoms with Crippen molar-refractivity contribution in [3.05, 3.63) is 87.6 Å². The van der Waals surface area contributed by atoms with Crippen LogP contribution in [0.15, 0.2) is 54.9 Å². The van der Waals surface area contributed by atoms with E-state index >= 15 is 4.39 Å². The quantitative estimate of drug-likeness (QED) is 0.0979. The molecule has 74 heavy (non-hydrogen) atoms. The van der Waals surface area contributed by atoms with Crippen molar-refractivity contribution < 1.29 is 37.8 Å². The number of aromatic nitrogens is 5. The SMILES string of the molecule is COC(=O)N[C@H](C(=O)N1CCC[C@H]1c1ncc(-c2cc(F)c3c(c2)OC(c2cc4c(s2)C(C)(C)CC4)n2c-3cc3cc(-c4cnc([C@@H]5CCCN5C(=O)[C@@H](NC(=O)OC)C(C)C)[nH]4)ccc32)[nH]1)C(C)C.S.S.S.S. The first kappa shape index (κ1) is 58.0. The molecule has 0 saturated carbocycles. The first-order valence-electron chi connectivity index (χ1n) is 24.2. The highest BCUT2D eigenvalue weighted by atomic mass is 32.1. The number of nitrogens with one attached hydrogen (secondary N) is 4. The van der Waals surface area contributed by atoms with E-state index in [0.717, 1.165) is 59.1 Å². The van der Waals surface area contributed by atoms with Crippen molar-refractivity contribution in [3.8, 4) is 39.5 Å². The molecule has 3 aliphatic heterocycles. The van der Waals surface area contributed by atoms with Crippen LogP contribution in [0.5, 0.6) is 5.75 Å². The predicted octanol–water partition coefficient (Wildman–Crippen LogP) is 9.99. The fourth-order valence-electron chi connectivity index (χ4n) is 10.9. The zero-order valence-electron chi connectivity index (χ0n) is 42.8. The molecule has 4 N–H and O–H groups in total. The van der Waals surface area contributed by atoms with Crippen molar-refractivity contribution in [2.75, 3.05) is 27.3 Å². The van der Waals surface area contributed by atoms with Crippen LogP contribution in [-0.4, -0.2) is 97.7 Å². The minimum absolute atomic E-state index is 0. The number of methoxy groups -OCH3 is 2. The molecule has 7 heterocycles. The second-order valence-corrected chi connectivity index (χ2v) is 21.4. The normalized spacial score (nSPS) is 18.9. The molecule has 10 rings (SSSR count). The van der Waals surface area contributed by atoms with E-state index in [1.54, 1.807) is 33.5 Å². The zero-order chi connectivity index (χ0) is 49.3. The van der Waals surface area contributed by atoms with Gasteiger partial charge in [0.15, 0.2) is 0 Å². The number of aromatic amines is 2. The highest BCUT2D eigenvalue weighted by Gasteiger charge is 2.41. The first-order chi connectivity index (χ1) is 33.5. The number of thiophene rings is 1. The van der Waals surface area contributed by atoms with Crippen LogP contribution < -0.4 is 15.4 Å². The number of nitrogens with zero attached hydrogens (tertiary/aromatic N) is 5. The molecular weight excluding hydrogens is 1040 g/mol. The molecule has 1 aliphatic carbocycles. The molecule has 400 valence electrons. The molecule has 2 aromatic carbocycles. The summed E-state index contributed by atoms with van der Waals surface area (Å²) in [6, 6.07) is 11.6. The molecule has 2 saturated heterocycles. The fourth-order valence-corrected chi connectivity index (χ4v) is 12.2. The van der Waals surface area contributed by atoms with Gasteiger partial charge in [-0.15, -0.1) is 11.3 Å². The van der Waals surface area contributed by atoms with Gasteiger partial charge in [-0.1, -0.05) is 47.6 Å². The summed E-state index contributed by atoms with van der Waals surface area (Å²) in [5.74, 6) is 0.476. The lowest BCUT2D eigenvalue weighted by molar-refractivity contribution is -0.136. The average Bonchev–Trinajstić information content (AvgIpc) is 4.20. The molecule has 16 nitrogen and oxygen atoms in total. The summed E-state index contributed by atoms with van der Waals surface area (Å²) in [5.41, 5.74) is 6.06. The summed E-state index contributed by atoms with van der Waals surface area (Å²) in [7, 11) is 2.55. The van der Waals surface area contributed by atoms with Gasteiger partial charge in [0, 0.05) is 34.5 Å². The number of H-pyrrole nitrogens is 2. The smallest absolute Gasteiger partial charge is 0.407 e. The van der Waals surface area contributed by atoms with E-state index in [4.69, 9.17) is 24.2 Å². The second-order valence-electron chi connectivity index (χ2n) is 20.3. The predicted molar refractivity (Wildman–Crippen MR) is 304 cm³/mol. The molecule has 4 aliphatic rings. The lowest BCUT2D eigenvalue weighted by atomic mass is 9.93. The van der Waals surface area contributed by atoms with Crippen LogP contribution in [0.2, 0.25) is 0 Å². The van der Waals surface area contributed by atoms with Crippen molar-refractivity contribution in [1.29, 1.82) is 0 Å². The maximum Gasteiger partial charge on any atom is 0.407 e. The average molecular weight is 1110 g/mol. The molecule has 6 aromatic rings. The Morgan fingerprint density at radius 3 is 1.86 bits per heavy atom. The molecule has 0 bridgehead atoms.